The standard InChI is InChI=1S/C14H12ClN3O/c15-13-4-3-10(14-12(13)2-1-6-17-14)8-16-9-11-5-7-18-19-11/h1-7,16H,8-9H2. The molecule has 0 saturated heterocycles. The Kier molecular flexibility index (Phi) is 3.44. The second-order valence-corrected chi connectivity index (χ2v) is 4.60. The van der Waals surface area contributed by atoms with Crippen molar-refractivity contribution >= 4 is 22.5 Å². The van der Waals surface area contributed by atoms with Gasteiger partial charge in [0.2, 0.25) is 0 Å². The Morgan fingerprint density at radius 2 is 2.05 bits per heavy atom. The number of pyridine rings is 1. The molecule has 2 heterocycles. The summed E-state index contributed by atoms with van der Waals surface area (Å²) in [6.45, 7) is 1.34. The lowest BCUT2D eigenvalue weighted by atomic mass is 10.1. The molecule has 19 heavy (non-hydrogen) atoms. The molecular weight excluding hydrogens is 262 g/mol. The Morgan fingerprint density at radius 3 is 2.89 bits per heavy atom. The van der Waals surface area contributed by atoms with Gasteiger partial charge in [0.25, 0.3) is 0 Å². The highest BCUT2D eigenvalue weighted by Crippen LogP contribution is 2.24. The fourth-order valence-corrected chi connectivity index (χ4v) is 2.21. The molecule has 0 aliphatic carbocycles. The lowest BCUT2D eigenvalue weighted by Crippen LogP contribution is -2.12. The molecule has 0 atom stereocenters. The molecule has 0 amide bonds. The van der Waals surface area contributed by atoms with Gasteiger partial charge in [-0.1, -0.05) is 22.8 Å². The maximum atomic E-state index is 6.16. The van der Waals surface area contributed by atoms with Gasteiger partial charge in [0.1, 0.15) is 5.76 Å². The van der Waals surface area contributed by atoms with Crippen LogP contribution in [0.5, 0.6) is 0 Å². The Morgan fingerprint density at radius 1 is 1.11 bits per heavy atom. The van der Waals surface area contributed by atoms with Gasteiger partial charge in [0, 0.05) is 29.2 Å². The highest BCUT2D eigenvalue weighted by Gasteiger charge is 2.05. The lowest BCUT2D eigenvalue weighted by Gasteiger charge is -2.07. The van der Waals surface area contributed by atoms with Crippen molar-refractivity contribution in [2.24, 2.45) is 0 Å². The summed E-state index contributed by atoms with van der Waals surface area (Å²) >= 11 is 6.16. The van der Waals surface area contributed by atoms with Crippen molar-refractivity contribution in [1.82, 2.24) is 15.5 Å². The van der Waals surface area contributed by atoms with Gasteiger partial charge in [-0.05, 0) is 23.8 Å². The monoisotopic (exact) mass is 273 g/mol. The van der Waals surface area contributed by atoms with Gasteiger partial charge in [-0.15, -0.1) is 0 Å². The summed E-state index contributed by atoms with van der Waals surface area (Å²) in [4.78, 5) is 4.40. The van der Waals surface area contributed by atoms with Gasteiger partial charge in [-0.2, -0.15) is 0 Å². The highest BCUT2D eigenvalue weighted by atomic mass is 35.5. The van der Waals surface area contributed by atoms with E-state index in [1.165, 1.54) is 0 Å². The van der Waals surface area contributed by atoms with E-state index < -0.39 is 0 Å². The first-order valence-corrected chi connectivity index (χ1v) is 6.35. The van der Waals surface area contributed by atoms with E-state index in [4.69, 9.17) is 16.1 Å². The Labute approximate surface area is 115 Å². The Hall–Kier alpha value is -1.91. The minimum absolute atomic E-state index is 0.636. The van der Waals surface area contributed by atoms with E-state index in [0.717, 1.165) is 27.2 Å². The normalized spacial score (nSPS) is 11.0. The number of hydrogen-bond donors (Lipinski definition) is 1. The first kappa shape index (κ1) is 12.1. The smallest absolute Gasteiger partial charge is 0.150 e. The van der Waals surface area contributed by atoms with Crippen LogP contribution in [-0.4, -0.2) is 10.1 Å². The van der Waals surface area contributed by atoms with Crippen LogP contribution in [0.4, 0.5) is 0 Å². The Bertz CT molecular complexity index is 682. The number of halogens is 1. The first-order chi connectivity index (χ1) is 9.34. The molecule has 4 nitrogen and oxygen atoms in total. The molecule has 0 aliphatic heterocycles. The van der Waals surface area contributed by atoms with Gasteiger partial charge >= 0.3 is 0 Å². The SMILES string of the molecule is Clc1ccc(CNCc2ccno2)c2ncccc12. The van der Waals surface area contributed by atoms with Crippen LogP contribution in [0.3, 0.4) is 0 Å². The predicted octanol–water partition coefficient (Wildman–Crippen LogP) is 3.17. The molecule has 1 N–H and O–H groups in total. The van der Waals surface area contributed by atoms with Gasteiger partial charge in [-0.3, -0.25) is 4.98 Å². The summed E-state index contributed by atoms with van der Waals surface area (Å²) in [5.41, 5.74) is 2.04. The Balaban J connectivity index is 1.79. The van der Waals surface area contributed by atoms with Crippen molar-refractivity contribution in [2.45, 2.75) is 13.1 Å². The number of benzene rings is 1. The van der Waals surface area contributed by atoms with Crippen molar-refractivity contribution in [3.63, 3.8) is 0 Å². The molecule has 3 rings (SSSR count). The molecule has 2 aromatic heterocycles. The van der Waals surface area contributed by atoms with E-state index in [2.05, 4.69) is 15.5 Å². The van der Waals surface area contributed by atoms with Crippen LogP contribution >= 0.6 is 11.6 Å². The van der Waals surface area contributed by atoms with Crippen LogP contribution in [-0.2, 0) is 13.1 Å². The molecule has 0 aliphatic rings. The number of nitrogens with zero attached hydrogens (tertiary/aromatic N) is 2. The number of rotatable bonds is 4. The molecule has 1 aromatic carbocycles. The molecule has 0 bridgehead atoms. The molecular formula is C14H12ClN3O. The fraction of sp³-hybridized carbons (Fsp3) is 0.143. The summed E-state index contributed by atoms with van der Waals surface area (Å²) in [5, 5.41) is 8.66. The van der Waals surface area contributed by atoms with Crippen molar-refractivity contribution in [3.05, 3.63) is 59.1 Å². The van der Waals surface area contributed by atoms with Crippen LogP contribution < -0.4 is 5.32 Å². The average molecular weight is 274 g/mol. The molecule has 0 saturated carbocycles. The van der Waals surface area contributed by atoms with Crippen LogP contribution in [0.2, 0.25) is 5.02 Å². The number of aromatic nitrogens is 2. The third kappa shape index (κ3) is 2.59. The van der Waals surface area contributed by atoms with Crippen LogP contribution in [0.15, 0.2) is 47.2 Å². The van der Waals surface area contributed by atoms with E-state index in [1.54, 1.807) is 12.4 Å². The third-order valence-electron chi connectivity index (χ3n) is 2.91. The van der Waals surface area contributed by atoms with E-state index in [9.17, 15) is 0 Å². The van der Waals surface area contributed by atoms with Crippen LogP contribution in [0.25, 0.3) is 10.9 Å². The molecule has 0 spiro atoms. The minimum Gasteiger partial charge on any atom is -0.360 e. The van der Waals surface area contributed by atoms with Crippen molar-refractivity contribution in [2.75, 3.05) is 0 Å². The molecule has 96 valence electrons. The number of fused-ring (bicyclic) bond motifs is 1. The van der Waals surface area contributed by atoms with Gasteiger partial charge in [-0.25, -0.2) is 0 Å². The summed E-state index contributed by atoms with van der Waals surface area (Å²) in [6, 6.07) is 9.60. The summed E-state index contributed by atoms with van der Waals surface area (Å²) in [5.74, 6) is 0.811. The van der Waals surface area contributed by atoms with Gasteiger partial charge < -0.3 is 9.84 Å². The van der Waals surface area contributed by atoms with Crippen molar-refractivity contribution in [3.8, 4) is 0 Å². The fourth-order valence-electron chi connectivity index (χ4n) is 1.99. The van der Waals surface area contributed by atoms with Crippen LogP contribution in [0.1, 0.15) is 11.3 Å². The number of nitrogens with one attached hydrogen (secondary N) is 1. The summed E-state index contributed by atoms with van der Waals surface area (Å²) < 4.78 is 5.03. The minimum atomic E-state index is 0.636. The van der Waals surface area contributed by atoms with E-state index in [0.29, 0.717) is 13.1 Å². The van der Waals surface area contributed by atoms with Gasteiger partial charge in [0.15, 0.2) is 0 Å². The zero-order valence-corrected chi connectivity index (χ0v) is 10.9. The summed E-state index contributed by atoms with van der Waals surface area (Å²) in [6.07, 6.45) is 3.41. The van der Waals surface area contributed by atoms with Crippen molar-refractivity contribution < 1.29 is 4.52 Å². The predicted molar refractivity (Wildman–Crippen MR) is 73.8 cm³/mol. The van der Waals surface area contributed by atoms with Crippen molar-refractivity contribution in [1.29, 1.82) is 0 Å². The largest absolute Gasteiger partial charge is 0.360 e. The molecule has 0 unspecified atom stereocenters. The average Bonchev–Trinajstić information content (AvgIpc) is 2.95. The maximum absolute atomic E-state index is 6.16. The van der Waals surface area contributed by atoms with Crippen LogP contribution in [0, 0.1) is 0 Å². The summed E-state index contributed by atoms with van der Waals surface area (Å²) in [7, 11) is 0. The third-order valence-corrected chi connectivity index (χ3v) is 3.24. The highest BCUT2D eigenvalue weighted by molar-refractivity contribution is 6.35. The first-order valence-electron chi connectivity index (χ1n) is 5.97. The second kappa shape index (κ2) is 5.38. The van der Waals surface area contributed by atoms with E-state index in [-0.39, 0.29) is 0 Å². The molecule has 3 aromatic rings. The second-order valence-electron chi connectivity index (χ2n) is 4.19. The zero-order chi connectivity index (χ0) is 13.1. The zero-order valence-electron chi connectivity index (χ0n) is 10.1. The van der Waals surface area contributed by atoms with Gasteiger partial charge in [0.05, 0.1) is 18.3 Å². The quantitative estimate of drug-likeness (QED) is 0.793. The molecule has 5 heteroatoms. The maximum Gasteiger partial charge on any atom is 0.150 e. The lowest BCUT2D eigenvalue weighted by molar-refractivity contribution is 0.373. The van der Waals surface area contributed by atoms with E-state index in [1.807, 2.05) is 30.3 Å². The molecule has 0 fully saturated rings. The topological polar surface area (TPSA) is 51.0 Å². The molecule has 0 radical (unpaired) electrons. The van der Waals surface area contributed by atoms with E-state index >= 15 is 0 Å². The number of hydrogen-bond acceptors (Lipinski definition) is 4.